The molecule has 0 heterocycles. The predicted octanol–water partition coefficient (Wildman–Crippen LogP) is 1.54. The zero-order chi connectivity index (χ0) is 8.97. The minimum absolute atomic E-state index is 0.0465. The zero-order valence-corrected chi connectivity index (χ0v) is 7.00. The minimum Gasteiger partial charge on any atom is -0.396 e. The lowest BCUT2D eigenvalue weighted by Gasteiger charge is -2.11. The van der Waals surface area contributed by atoms with Crippen LogP contribution in [-0.4, -0.2) is 18.8 Å². The van der Waals surface area contributed by atoms with Crippen molar-refractivity contribution in [3.05, 3.63) is 29.8 Å². The summed E-state index contributed by atoms with van der Waals surface area (Å²) in [4.78, 5) is 0. The SMILES string of the molecule is CN(F)c1ccccc1CCO. The molecule has 0 aliphatic carbocycles. The van der Waals surface area contributed by atoms with Crippen molar-refractivity contribution in [3.8, 4) is 0 Å². The summed E-state index contributed by atoms with van der Waals surface area (Å²) in [6.07, 6.45) is 0.491. The average Bonchev–Trinajstić information content (AvgIpc) is 2.05. The van der Waals surface area contributed by atoms with Gasteiger partial charge in [0.15, 0.2) is 0 Å². The number of nitrogens with zero attached hydrogens (tertiary/aromatic N) is 1. The Morgan fingerprint density at radius 3 is 2.67 bits per heavy atom. The lowest BCUT2D eigenvalue weighted by atomic mass is 10.1. The third-order valence-corrected chi connectivity index (χ3v) is 1.70. The molecule has 1 aromatic rings. The van der Waals surface area contributed by atoms with E-state index in [4.69, 9.17) is 5.11 Å². The number of hydrogen-bond acceptors (Lipinski definition) is 2. The highest BCUT2D eigenvalue weighted by molar-refractivity contribution is 5.50. The third-order valence-electron chi connectivity index (χ3n) is 1.70. The highest BCUT2D eigenvalue weighted by Gasteiger charge is 2.04. The topological polar surface area (TPSA) is 23.5 Å². The molecular weight excluding hydrogens is 157 g/mol. The normalized spacial score (nSPS) is 9.92. The molecule has 66 valence electrons. The fourth-order valence-corrected chi connectivity index (χ4v) is 1.14. The second kappa shape index (κ2) is 4.07. The van der Waals surface area contributed by atoms with Crippen molar-refractivity contribution in [1.29, 1.82) is 0 Å². The van der Waals surface area contributed by atoms with Crippen LogP contribution in [0.3, 0.4) is 0 Å². The highest BCUT2D eigenvalue weighted by atomic mass is 19.2. The Bertz CT molecular complexity index is 250. The molecule has 0 radical (unpaired) electrons. The molecule has 12 heavy (non-hydrogen) atoms. The van der Waals surface area contributed by atoms with Crippen LogP contribution >= 0.6 is 0 Å². The Morgan fingerprint density at radius 1 is 1.42 bits per heavy atom. The smallest absolute Gasteiger partial charge is 0.0717 e. The van der Waals surface area contributed by atoms with Crippen molar-refractivity contribution in [1.82, 2.24) is 0 Å². The average molecular weight is 169 g/mol. The summed E-state index contributed by atoms with van der Waals surface area (Å²) in [5.41, 5.74) is 1.34. The fourth-order valence-electron chi connectivity index (χ4n) is 1.14. The van der Waals surface area contributed by atoms with Gasteiger partial charge in [0, 0.05) is 13.7 Å². The predicted molar refractivity (Wildman–Crippen MR) is 46.7 cm³/mol. The number of para-hydroxylation sites is 1. The number of aliphatic hydroxyl groups is 1. The van der Waals surface area contributed by atoms with Gasteiger partial charge < -0.3 is 5.11 Å². The van der Waals surface area contributed by atoms with Crippen LogP contribution < -0.4 is 5.12 Å². The second-order valence-electron chi connectivity index (χ2n) is 2.58. The van der Waals surface area contributed by atoms with E-state index in [1.807, 2.05) is 12.1 Å². The van der Waals surface area contributed by atoms with E-state index in [-0.39, 0.29) is 6.61 Å². The van der Waals surface area contributed by atoms with E-state index in [2.05, 4.69) is 0 Å². The molecular formula is C9H12FNO. The maximum atomic E-state index is 12.8. The molecule has 3 heteroatoms. The summed E-state index contributed by atoms with van der Waals surface area (Å²) in [6.45, 7) is 0.0465. The molecule has 0 fully saturated rings. The van der Waals surface area contributed by atoms with E-state index in [9.17, 15) is 4.48 Å². The number of aliphatic hydroxyl groups excluding tert-OH is 1. The molecule has 0 atom stereocenters. The molecule has 0 aliphatic rings. The summed E-state index contributed by atoms with van der Waals surface area (Å²) >= 11 is 0. The van der Waals surface area contributed by atoms with E-state index in [0.29, 0.717) is 17.2 Å². The summed E-state index contributed by atoms with van der Waals surface area (Å²) in [7, 11) is 1.34. The summed E-state index contributed by atoms with van der Waals surface area (Å²) in [6, 6.07) is 7.09. The fraction of sp³-hybridized carbons (Fsp3) is 0.333. The van der Waals surface area contributed by atoms with E-state index < -0.39 is 0 Å². The van der Waals surface area contributed by atoms with Crippen molar-refractivity contribution >= 4 is 5.69 Å². The van der Waals surface area contributed by atoms with E-state index in [0.717, 1.165) is 5.56 Å². The Morgan fingerprint density at radius 2 is 2.08 bits per heavy atom. The molecule has 0 spiro atoms. The van der Waals surface area contributed by atoms with Crippen LogP contribution in [0.15, 0.2) is 24.3 Å². The molecule has 1 aromatic carbocycles. The van der Waals surface area contributed by atoms with Gasteiger partial charge in [0.25, 0.3) is 0 Å². The maximum absolute atomic E-state index is 12.8. The van der Waals surface area contributed by atoms with Gasteiger partial charge in [-0.1, -0.05) is 18.2 Å². The highest BCUT2D eigenvalue weighted by Crippen LogP contribution is 2.19. The number of anilines is 1. The van der Waals surface area contributed by atoms with Crippen LogP contribution in [0, 0.1) is 0 Å². The van der Waals surface area contributed by atoms with Gasteiger partial charge in [-0.25, -0.2) is 5.12 Å². The number of rotatable bonds is 3. The molecule has 0 bridgehead atoms. The summed E-state index contributed by atoms with van der Waals surface area (Å²) in [5.74, 6) is 0. The second-order valence-corrected chi connectivity index (χ2v) is 2.58. The van der Waals surface area contributed by atoms with Crippen LogP contribution in [0.2, 0.25) is 0 Å². The van der Waals surface area contributed by atoms with Gasteiger partial charge in [-0.3, -0.25) is 0 Å². The van der Waals surface area contributed by atoms with Crippen LogP contribution in [0.5, 0.6) is 0 Å². The Kier molecular flexibility index (Phi) is 3.05. The van der Waals surface area contributed by atoms with E-state index in [1.165, 1.54) is 7.05 Å². The maximum Gasteiger partial charge on any atom is 0.0717 e. The van der Waals surface area contributed by atoms with Crippen molar-refractivity contribution in [3.63, 3.8) is 0 Å². The molecule has 1 N–H and O–H groups in total. The standard InChI is InChI=1S/C9H12FNO/c1-11(10)9-5-3-2-4-8(9)6-7-12/h2-5,12H,6-7H2,1H3. The molecule has 0 aromatic heterocycles. The van der Waals surface area contributed by atoms with Crippen molar-refractivity contribution in [2.24, 2.45) is 0 Å². The van der Waals surface area contributed by atoms with Gasteiger partial charge in [0.2, 0.25) is 0 Å². The third kappa shape index (κ3) is 1.95. The molecule has 0 aliphatic heterocycles. The largest absolute Gasteiger partial charge is 0.396 e. The molecule has 2 nitrogen and oxygen atoms in total. The number of hydrogen-bond donors (Lipinski definition) is 1. The van der Waals surface area contributed by atoms with Gasteiger partial charge >= 0.3 is 0 Å². The first-order valence-electron chi connectivity index (χ1n) is 3.84. The zero-order valence-electron chi connectivity index (χ0n) is 7.00. The summed E-state index contributed by atoms with van der Waals surface area (Å²) in [5, 5.41) is 9.25. The first kappa shape index (κ1) is 9.00. The summed E-state index contributed by atoms with van der Waals surface area (Å²) < 4.78 is 12.8. The molecule has 0 saturated heterocycles. The van der Waals surface area contributed by atoms with Gasteiger partial charge in [0.1, 0.15) is 0 Å². The van der Waals surface area contributed by atoms with Gasteiger partial charge in [0.05, 0.1) is 5.69 Å². The molecule has 0 amide bonds. The quantitative estimate of drug-likeness (QED) is 0.694. The van der Waals surface area contributed by atoms with Gasteiger partial charge in [-0.05, 0) is 18.1 Å². The van der Waals surface area contributed by atoms with E-state index >= 15 is 0 Å². The molecule has 0 saturated carbocycles. The Balaban J connectivity index is 2.92. The van der Waals surface area contributed by atoms with Crippen LogP contribution in [0.25, 0.3) is 0 Å². The van der Waals surface area contributed by atoms with Gasteiger partial charge in [-0.15, -0.1) is 4.48 Å². The van der Waals surface area contributed by atoms with Crippen molar-refractivity contribution in [2.45, 2.75) is 6.42 Å². The molecule has 1 rings (SSSR count). The molecule has 0 unspecified atom stereocenters. The lowest BCUT2D eigenvalue weighted by Crippen LogP contribution is -2.06. The first-order valence-corrected chi connectivity index (χ1v) is 3.84. The Hall–Kier alpha value is -1.09. The van der Waals surface area contributed by atoms with Crippen molar-refractivity contribution < 1.29 is 9.59 Å². The van der Waals surface area contributed by atoms with Crippen LogP contribution in [0.1, 0.15) is 5.56 Å². The van der Waals surface area contributed by atoms with Gasteiger partial charge in [-0.2, -0.15) is 0 Å². The monoisotopic (exact) mass is 169 g/mol. The van der Waals surface area contributed by atoms with E-state index in [1.54, 1.807) is 12.1 Å². The van der Waals surface area contributed by atoms with Crippen molar-refractivity contribution in [2.75, 3.05) is 18.8 Å². The first-order chi connectivity index (χ1) is 5.75. The lowest BCUT2D eigenvalue weighted by molar-refractivity contribution is 0.299. The number of halogens is 1. The Labute approximate surface area is 71.2 Å². The minimum atomic E-state index is 0.0465. The number of benzene rings is 1. The van der Waals surface area contributed by atoms with Crippen LogP contribution in [0.4, 0.5) is 10.2 Å². The van der Waals surface area contributed by atoms with Crippen LogP contribution in [-0.2, 0) is 6.42 Å².